The molecule has 148 valence electrons. The molecule has 0 bridgehead atoms. The summed E-state index contributed by atoms with van der Waals surface area (Å²) in [6.07, 6.45) is -2.06. The lowest BCUT2D eigenvalue weighted by Gasteiger charge is -2.35. The molecule has 2 nitrogen and oxygen atoms in total. The lowest BCUT2D eigenvalue weighted by Crippen LogP contribution is -2.45. The molecule has 0 amide bonds. The van der Waals surface area contributed by atoms with Gasteiger partial charge in [0.15, 0.2) is 0 Å². The van der Waals surface area contributed by atoms with Gasteiger partial charge in [0, 0.05) is 32.2 Å². The van der Waals surface area contributed by atoms with Gasteiger partial charge in [-0.3, -0.25) is 4.90 Å². The molecule has 2 aromatic carbocycles. The molecule has 1 aliphatic rings. The lowest BCUT2D eigenvalue weighted by atomic mass is 9.96. The molecule has 6 heteroatoms. The summed E-state index contributed by atoms with van der Waals surface area (Å²) in [5.74, 6) is 0. The second-order valence-corrected chi connectivity index (χ2v) is 6.79. The fourth-order valence-electron chi connectivity index (χ4n) is 3.58. The zero-order valence-electron chi connectivity index (χ0n) is 15.4. The molecule has 1 saturated heterocycles. The summed E-state index contributed by atoms with van der Waals surface area (Å²) in [6.45, 7) is 6.33. The van der Waals surface area contributed by atoms with Gasteiger partial charge in [-0.15, -0.1) is 12.4 Å². The van der Waals surface area contributed by atoms with E-state index in [0.717, 1.165) is 62.3 Å². The maximum Gasteiger partial charge on any atom is 0.416 e. The molecule has 2 aromatic rings. The van der Waals surface area contributed by atoms with Crippen molar-refractivity contribution in [3.05, 3.63) is 59.7 Å². The summed E-state index contributed by atoms with van der Waals surface area (Å²) >= 11 is 0. The molecule has 0 spiro atoms. The van der Waals surface area contributed by atoms with Crippen LogP contribution in [0.25, 0.3) is 11.1 Å². The number of piperazine rings is 1. The van der Waals surface area contributed by atoms with Gasteiger partial charge in [-0.2, -0.15) is 13.2 Å². The zero-order chi connectivity index (χ0) is 18.6. The average molecular weight is 399 g/mol. The number of hydrogen-bond acceptors (Lipinski definition) is 2. The van der Waals surface area contributed by atoms with Gasteiger partial charge in [0.05, 0.1) is 5.56 Å². The summed E-state index contributed by atoms with van der Waals surface area (Å²) < 4.78 is 38.1. The second-order valence-electron chi connectivity index (χ2n) is 6.79. The van der Waals surface area contributed by atoms with Crippen LogP contribution in [0.4, 0.5) is 13.2 Å². The maximum absolute atomic E-state index is 12.7. The molecule has 27 heavy (non-hydrogen) atoms. The van der Waals surface area contributed by atoms with Crippen molar-refractivity contribution >= 4 is 12.4 Å². The molecule has 0 radical (unpaired) electrons. The summed E-state index contributed by atoms with van der Waals surface area (Å²) in [5.41, 5.74) is 2.42. The van der Waals surface area contributed by atoms with Gasteiger partial charge in [-0.25, -0.2) is 0 Å². The van der Waals surface area contributed by atoms with Crippen LogP contribution in [0, 0.1) is 0 Å². The first-order valence-corrected chi connectivity index (χ1v) is 9.21. The molecule has 1 aliphatic heterocycles. The number of alkyl halides is 3. The van der Waals surface area contributed by atoms with Gasteiger partial charge in [0.1, 0.15) is 0 Å². The Labute approximate surface area is 165 Å². The Hall–Kier alpha value is -1.56. The minimum Gasteiger partial charge on any atom is -0.314 e. The Morgan fingerprint density at radius 2 is 1.44 bits per heavy atom. The highest BCUT2D eigenvalue weighted by Crippen LogP contribution is 2.32. The third-order valence-corrected chi connectivity index (χ3v) is 5.00. The number of nitrogens with one attached hydrogen (secondary N) is 1. The molecular formula is C21H26ClF3N2. The van der Waals surface area contributed by atoms with Gasteiger partial charge in [-0.05, 0) is 35.2 Å². The van der Waals surface area contributed by atoms with E-state index in [9.17, 15) is 13.2 Å². The zero-order valence-corrected chi connectivity index (χ0v) is 16.2. The van der Waals surface area contributed by atoms with Crippen molar-refractivity contribution in [1.82, 2.24) is 10.2 Å². The fraction of sp³-hybridized carbons (Fsp3) is 0.429. The highest BCUT2D eigenvalue weighted by atomic mass is 35.5. The number of hydrogen-bond donors (Lipinski definition) is 1. The molecular weight excluding hydrogens is 373 g/mol. The third-order valence-electron chi connectivity index (χ3n) is 5.00. The van der Waals surface area contributed by atoms with Crippen LogP contribution in [0.5, 0.6) is 0 Å². The number of benzene rings is 2. The molecule has 1 fully saturated rings. The van der Waals surface area contributed by atoms with Crippen LogP contribution in [0.3, 0.4) is 0 Å². The van der Waals surface area contributed by atoms with Gasteiger partial charge < -0.3 is 5.32 Å². The van der Waals surface area contributed by atoms with Crippen molar-refractivity contribution in [1.29, 1.82) is 0 Å². The Morgan fingerprint density at radius 1 is 0.926 bits per heavy atom. The van der Waals surface area contributed by atoms with E-state index < -0.39 is 11.7 Å². The average Bonchev–Trinajstić information content (AvgIpc) is 2.66. The van der Waals surface area contributed by atoms with E-state index in [2.05, 4.69) is 29.3 Å². The SMILES string of the molecule is CCC[C@@H](c1ccc(-c2ccc(C(F)(F)F)cc2)cc1)N1CCNCC1.Cl. The Bertz CT molecular complexity index is 693. The van der Waals surface area contributed by atoms with Crippen LogP contribution in [0.2, 0.25) is 0 Å². The molecule has 1 heterocycles. The van der Waals surface area contributed by atoms with Crippen LogP contribution in [0.15, 0.2) is 48.5 Å². The Morgan fingerprint density at radius 3 is 1.93 bits per heavy atom. The van der Waals surface area contributed by atoms with Gasteiger partial charge in [0.2, 0.25) is 0 Å². The predicted molar refractivity (Wildman–Crippen MR) is 106 cm³/mol. The minimum atomic E-state index is -4.29. The largest absolute Gasteiger partial charge is 0.416 e. The van der Waals surface area contributed by atoms with E-state index in [4.69, 9.17) is 0 Å². The lowest BCUT2D eigenvalue weighted by molar-refractivity contribution is -0.137. The quantitative estimate of drug-likeness (QED) is 0.711. The first kappa shape index (κ1) is 21.7. The van der Waals surface area contributed by atoms with Crippen molar-refractivity contribution in [3.8, 4) is 11.1 Å². The van der Waals surface area contributed by atoms with E-state index in [1.165, 1.54) is 17.7 Å². The van der Waals surface area contributed by atoms with Crippen molar-refractivity contribution in [3.63, 3.8) is 0 Å². The van der Waals surface area contributed by atoms with E-state index >= 15 is 0 Å². The van der Waals surface area contributed by atoms with E-state index in [-0.39, 0.29) is 12.4 Å². The third kappa shape index (κ3) is 5.47. The number of rotatable bonds is 5. The van der Waals surface area contributed by atoms with Crippen molar-refractivity contribution in [2.24, 2.45) is 0 Å². The van der Waals surface area contributed by atoms with Crippen LogP contribution < -0.4 is 5.32 Å². The van der Waals surface area contributed by atoms with Crippen molar-refractivity contribution in [2.75, 3.05) is 26.2 Å². The van der Waals surface area contributed by atoms with Crippen LogP contribution in [-0.2, 0) is 6.18 Å². The molecule has 0 saturated carbocycles. The molecule has 3 rings (SSSR count). The van der Waals surface area contributed by atoms with Crippen LogP contribution >= 0.6 is 12.4 Å². The van der Waals surface area contributed by atoms with E-state index in [0.29, 0.717) is 6.04 Å². The standard InChI is InChI=1S/C21H25F3N2.ClH/c1-2-3-20(26-14-12-25-13-15-26)18-6-4-16(5-7-18)17-8-10-19(11-9-17)21(22,23)24;/h4-11,20,25H,2-3,12-15H2,1H3;1H/t20-;/m0./s1. The Kier molecular flexibility index (Phi) is 7.71. The molecule has 0 aliphatic carbocycles. The van der Waals surface area contributed by atoms with Crippen LogP contribution in [-0.4, -0.2) is 31.1 Å². The molecule has 1 N–H and O–H groups in total. The summed E-state index contributed by atoms with van der Waals surface area (Å²) in [7, 11) is 0. The minimum absolute atomic E-state index is 0. The van der Waals surface area contributed by atoms with Crippen molar-refractivity contribution in [2.45, 2.75) is 32.0 Å². The predicted octanol–water partition coefficient (Wildman–Crippen LogP) is 5.54. The maximum atomic E-state index is 12.7. The summed E-state index contributed by atoms with van der Waals surface area (Å²) in [4.78, 5) is 2.52. The fourth-order valence-corrected chi connectivity index (χ4v) is 3.58. The van der Waals surface area contributed by atoms with Gasteiger partial charge >= 0.3 is 6.18 Å². The second kappa shape index (κ2) is 9.58. The number of nitrogens with zero attached hydrogens (tertiary/aromatic N) is 1. The van der Waals surface area contributed by atoms with E-state index in [1.54, 1.807) is 0 Å². The van der Waals surface area contributed by atoms with Crippen LogP contribution in [0.1, 0.15) is 36.9 Å². The van der Waals surface area contributed by atoms with Gasteiger partial charge in [-0.1, -0.05) is 49.7 Å². The molecule has 0 unspecified atom stereocenters. The molecule has 0 aromatic heterocycles. The topological polar surface area (TPSA) is 15.3 Å². The monoisotopic (exact) mass is 398 g/mol. The Balaban J connectivity index is 0.00000261. The van der Waals surface area contributed by atoms with E-state index in [1.807, 2.05) is 12.1 Å². The summed E-state index contributed by atoms with van der Waals surface area (Å²) in [6, 6.07) is 14.0. The number of halogens is 4. The first-order valence-electron chi connectivity index (χ1n) is 9.21. The first-order chi connectivity index (χ1) is 12.5. The van der Waals surface area contributed by atoms with Crippen molar-refractivity contribution < 1.29 is 13.2 Å². The normalized spacial score (nSPS) is 16.6. The highest BCUT2D eigenvalue weighted by Gasteiger charge is 2.30. The van der Waals surface area contributed by atoms with Gasteiger partial charge in [0.25, 0.3) is 0 Å². The smallest absolute Gasteiger partial charge is 0.314 e. The highest BCUT2D eigenvalue weighted by molar-refractivity contribution is 5.85. The summed E-state index contributed by atoms with van der Waals surface area (Å²) in [5, 5.41) is 3.39. The molecule has 1 atom stereocenters.